The zero-order valence-electron chi connectivity index (χ0n) is 11.9. The Labute approximate surface area is 140 Å². The highest BCUT2D eigenvalue weighted by Crippen LogP contribution is 2.27. The number of halogens is 4. The SMILES string of the molecule is O=C(Nc1ccc(CS(=O)(=O)N2CCCC2)cc1Br)C(F)(F)F. The van der Waals surface area contributed by atoms with Crippen LogP contribution in [0, 0.1) is 0 Å². The van der Waals surface area contributed by atoms with Crippen molar-refractivity contribution in [3.05, 3.63) is 28.2 Å². The third-order valence-corrected chi connectivity index (χ3v) is 5.85. The van der Waals surface area contributed by atoms with Gasteiger partial charge < -0.3 is 5.32 Å². The number of alkyl halides is 3. The quantitative estimate of drug-likeness (QED) is 0.823. The van der Waals surface area contributed by atoms with Crippen LogP contribution in [0.1, 0.15) is 18.4 Å². The molecule has 0 saturated carbocycles. The zero-order chi connectivity index (χ0) is 17.3. The molecule has 0 bridgehead atoms. The highest BCUT2D eigenvalue weighted by Gasteiger charge is 2.39. The number of carbonyl (C=O) groups excluding carboxylic acids is 1. The lowest BCUT2D eigenvalue weighted by Gasteiger charge is -2.16. The van der Waals surface area contributed by atoms with Crippen molar-refractivity contribution in [1.82, 2.24) is 4.31 Å². The first-order valence-corrected chi connectivity index (χ1v) is 9.14. The van der Waals surface area contributed by atoms with Crippen LogP contribution in [0.5, 0.6) is 0 Å². The summed E-state index contributed by atoms with van der Waals surface area (Å²) in [6.45, 7) is 0.979. The molecule has 1 aromatic rings. The Bertz CT molecular complexity index is 701. The van der Waals surface area contributed by atoms with E-state index in [2.05, 4.69) is 15.9 Å². The molecule has 0 atom stereocenters. The number of hydrogen-bond acceptors (Lipinski definition) is 3. The van der Waals surface area contributed by atoms with Crippen LogP contribution in [-0.2, 0) is 20.6 Å². The first kappa shape index (κ1) is 18.2. The fourth-order valence-electron chi connectivity index (χ4n) is 2.21. The second kappa shape index (κ2) is 6.78. The van der Waals surface area contributed by atoms with Crippen LogP contribution in [0.3, 0.4) is 0 Å². The van der Waals surface area contributed by atoms with Gasteiger partial charge in [-0.3, -0.25) is 4.79 Å². The maximum absolute atomic E-state index is 12.2. The lowest BCUT2D eigenvalue weighted by atomic mass is 10.2. The predicted molar refractivity (Wildman–Crippen MR) is 82.3 cm³/mol. The number of carbonyl (C=O) groups is 1. The first-order valence-electron chi connectivity index (χ1n) is 6.74. The Balaban J connectivity index is 2.11. The molecule has 1 aliphatic rings. The molecule has 2 rings (SSSR count). The van der Waals surface area contributed by atoms with E-state index in [1.54, 1.807) is 5.32 Å². The van der Waals surface area contributed by atoms with Crippen molar-refractivity contribution in [2.45, 2.75) is 24.8 Å². The van der Waals surface area contributed by atoms with Gasteiger partial charge >= 0.3 is 12.1 Å². The monoisotopic (exact) mass is 414 g/mol. The van der Waals surface area contributed by atoms with Gasteiger partial charge in [-0.05, 0) is 46.5 Å². The summed E-state index contributed by atoms with van der Waals surface area (Å²) >= 11 is 3.04. The lowest BCUT2D eigenvalue weighted by Crippen LogP contribution is -2.30. The molecular formula is C13H14BrF3N2O3S. The van der Waals surface area contributed by atoms with Gasteiger partial charge in [-0.2, -0.15) is 13.2 Å². The van der Waals surface area contributed by atoms with Crippen LogP contribution < -0.4 is 5.32 Å². The van der Waals surface area contributed by atoms with Crippen LogP contribution >= 0.6 is 15.9 Å². The molecule has 0 unspecified atom stereocenters. The van der Waals surface area contributed by atoms with Gasteiger partial charge in [0.15, 0.2) is 0 Å². The molecule has 0 spiro atoms. The number of sulfonamides is 1. The molecule has 1 aromatic carbocycles. The second-order valence-corrected chi connectivity index (χ2v) is 7.95. The van der Waals surface area contributed by atoms with E-state index >= 15 is 0 Å². The molecule has 1 amide bonds. The van der Waals surface area contributed by atoms with E-state index < -0.39 is 22.1 Å². The summed E-state index contributed by atoms with van der Waals surface area (Å²) in [5.41, 5.74) is 0.350. The summed E-state index contributed by atoms with van der Waals surface area (Å²) in [5.74, 6) is -2.32. The average Bonchev–Trinajstić information content (AvgIpc) is 2.95. The van der Waals surface area contributed by atoms with Gasteiger partial charge in [0.1, 0.15) is 0 Å². The molecule has 10 heteroatoms. The van der Waals surface area contributed by atoms with Crippen molar-refractivity contribution in [2.24, 2.45) is 0 Å². The number of anilines is 1. The molecule has 23 heavy (non-hydrogen) atoms. The molecule has 0 radical (unpaired) electrons. The number of benzene rings is 1. The molecule has 1 N–H and O–H groups in total. The van der Waals surface area contributed by atoms with E-state index in [-0.39, 0.29) is 15.9 Å². The van der Waals surface area contributed by atoms with Gasteiger partial charge in [0.05, 0.1) is 11.4 Å². The third kappa shape index (κ3) is 4.67. The summed E-state index contributed by atoms with van der Waals surface area (Å²) < 4.78 is 62.7. The Morgan fingerprint density at radius 1 is 1.26 bits per heavy atom. The van der Waals surface area contributed by atoms with E-state index in [0.717, 1.165) is 12.8 Å². The minimum absolute atomic E-state index is 0.0744. The van der Waals surface area contributed by atoms with E-state index in [1.165, 1.54) is 22.5 Å². The Kier molecular flexibility index (Phi) is 5.37. The van der Waals surface area contributed by atoms with Gasteiger partial charge in [-0.15, -0.1) is 0 Å². The molecule has 1 heterocycles. The van der Waals surface area contributed by atoms with Crippen molar-refractivity contribution in [1.29, 1.82) is 0 Å². The highest BCUT2D eigenvalue weighted by atomic mass is 79.9. The highest BCUT2D eigenvalue weighted by molar-refractivity contribution is 9.10. The van der Waals surface area contributed by atoms with Gasteiger partial charge in [0.2, 0.25) is 10.0 Å². The van der Waals surface area contributed by atoms with Crippen molar-refractivity contribution in [3.8, 4) is 0 Å². The predicted octanol–water partition coefficient (Wildman–Crippen LogP) is 2.88. The standard InChI is InChI=1S/C13H14BrF3N2O3S/c14-10-7-9(8-23(21,22)19-5-1-2-6-19)3-4-11(10)18-12(20)13(15,16)17/h3-4,7H,1-2,5-6,8H2,(H,18,20). The van der Waals surface area contributed by atoms with Crippen molar-refractivity contribution >= 4 is 37.5 Å². The van der Waals surface area contributed by atoms with Crippen LogP contribution in [0.25, 0.3) is 0 Å². The fourth-order valence-corrected chi connectivity index (χ4v) is 4.33. The Hall–Kier alpha value is -1.13. The average molecular weight is 415 g/mol. The lowest BCUT2D eigenvalue weighted by molar-refractivity contribution is -0.167. The van der Waals surface area contributed by atoms with E-state index in [9.17, 15) is 26.4 Å². The number of nitrogens with one attached hydrogen (secondary N) is 1. The second-order valence-electron chi connectivity index (χ2n) is 5.13. The minimum atomic E-state index is -4.99. The number of rotatable bonds is 4. The van der Waals surface area contributed by atoms with Crippen LogP contribution in [0.2, 0.25) is 0 Å². The molecule has 1 fully saturated rings. The molecule has 128 valence electrons. The van der Waals surface area contributed by atoms with Crippen molar-refractivity contribution in [2.75, 3.05) is 18.4 Å². The van der Waals surface area contributed by atoms with Crippen LogP contribution in [-0.4, -0.2) is 37.9 Å². The third-order valence-electron chi connectivity index (χ3n) is 3.35. The summed E-state index contributed by atoms with van der Waals surface area (Å²) in [4.78, 5) is 10.9. The summed E-state index contributed by atoms with van der Waals surface area (Å²) in [6.07, 6.45) is -3.34. The van der Waals surface area contributed by atoms with Crippen molar-refractivity contribution in [3.63, 3.8) is 0 Å². The first-order chi connectivity index (χ1) is 10.6. The molecule has 0 aliphatic carbocycles. The van der Waals surface area contributed by atoms with E-state index in [4.69, 9.17) is 0 Å². The summed E-state index contributed by atoms with van der Waals surface area (Å²) in [5, 5.41) is 1.72. The number of nitrogens with zero attached hydrogens (tertiary/aromatic N) is 1. The van der Waals surface area contributed by atoms with Gasteiger partial charge in [0.25, 0.3) is 0 Å². The molecule has 5 nitrogen and oxygen atoms in total. The summed E-state index contributed by atoms with van der Waals surface area (Å²) in [7, 11) is -3.44. The van der Waals surface area contributed by atoms with E-state index in [0.29, 0.717) is 18.7 Å². The molecule has 1 saturated heterocycles. The van der Waals surface area contributed by atoms with Crippen LogP contribution in [0.4, 0.5) is 18.9 Å². The maximum atomic E-state index is 12.2. The van der Waals surface area contributed by atoms with Crippen LogP contribution in [0.15, 0.2) is 22.7 Å². The molecular weight excluding hydrogens is 401 g/mol. The van der Waals surface area contributed by atoms with Crippen molar-refractivity contribution < 1.29 is 26.4 Å². The van der Waals surface area contributed by atoms with Gasteiger partial charge in [0, 0.05) is 17.6 Å². The summed E-state index contributed by atoms with van der Waals surface area (Å²) in [6, 6.07) is 4.01. The molecule has 1 aliphatic heterocycles. The Morgan fingerprint density at radius 2 is 1.87 bits per heavy atom. The Morgan fingerprint density at radius 3 is 2.39 bits per heavy atom. The topological polar surface area (TPSA) is 66.5 Å². The minimum Gasteiger partial charge on any atom is -0.317 e. The fraction of sp³-hybridized carbons (Fsp3) is 0.462. The maximum Gasteiger partial charge on any atom is 0.471 e. The number of hydrogen-bond donors (Lipinski definition) is 1. The smallest absolute Gasteiger partial charge is 0.317 e. The van der Waals surface area contributed by atoms with E-state index in [1.807, 2.05) is 0 Å². The van der Waals surface area contributed by atoms with Gasteiger partial charge in [-0.1, -0.05) is 6.07 Å². The number of amides is 1. The zero-order valence-corrected chi connectivity index (χ0v) is 14.3. The molecule has 0 aromatic heterocycles. The van der Waals surface area contributed by atoms with Gasteiger partial charge in [-0.25, -0.2) is 12.7 Å². The largest absolute Gasteiger partial charge is 0.471 e. The normalized spacial score (nSPS) is 16.5.